The van der Waals surface area contributed by atoms with Crippen LogP contribution in [0.25, 0.3) is 0 Å². The lowest BCUT2D eigenvalue weighted by Gasteiger charge is -2.01. The zero-order valence-corrected chi connectivity index (χ0v) is 8.27. The third kappa shape index (κ3) is 6.12. The summed E-state index contributed by atoms with van der Waals surface area (Å²) < 4.78 is 1.16. The Balaban J connectivity index is 2.96. The number of unbranched alkanes of at least 4 members (excludes halogenated alkanes) is 1. The van der Waals surface area contributed by atoms with Crippen LogP contribution in [0.15, 0.2) is 0 Å². The van der Waals surface area contributed by atoms with E-state index in [0.717, 1.165) is 17.4 Å². The van der Waals surface area contributed by atoms with Crippen LogP contribution in [0, 0.1) is 0 Å². The van der Waals surface area contributed by atoms with Gasteiger partial charge in [-0.15, -0.1) is 0 Å². The van der Waals surface area contributed by atoms with Crippen LogP contribution in [0.4, 0.5) is 4.79 Å². The fourth-order valence-electron chi connectivity index (χ4n) is 0.510. The van der Waals surface area contributed by atoms with E-state index in [4.69, 9.17) is 0 Å². The van der Waals surface area contributed by atoms with E-state index < -0.39 is 0 Å². The van der Waals surface area contributed by atoms with E-state index >= 15 is 0 Å². The Morgan fingerprint density at radius 1 is 1.50 bits per heavy atom. The lowest BCUT2D eigenvalue weighted by atomic mass is 10.3. The van der Waals surface area contributed by atoms with Crippen LogP contribution in [0.5, 0.6) is 0 Å². The van der Waals surface area contributed by atoms with Crippen LogP contribution in [0.2, 0.25) is 0 Å². The minimum Gasteiger partial charge on any atom is -0.341 e. The first-order valence-electron chi connectivity index (χ1n) is 3.32. The van der Waals surface area contributed by atoms with E-state index in [1.54, 1.807) is 7.05 Å². The predicted octanol–water partition coefficient (Wildman–Crippen LogP) is 1.13. The molecule has 4 heteroatoms. The highest BCUT2D eigenvalue weighted by molar-refractivity contribution is 14.1. The summed E-state index contributed by atoms with van der Waals surface area (Å²) in [6.45, 7) is 0.780. The molecular formula is C6H13IN2O. The molecule has 0 heterocycles. The first kappa shape index (κ1) is 10.0. The molecule has 2 amide bonds. The Bertz CT molecular complexity index is 97.7. The Morgan fingerprint density at radius 2 is 2.20 bits per heavy atom. The van der Waals surface area contributed by atoms with Gasteiger partial charge in [0.05, 0.1) is 0 Å². The molecule has 0 saturated heterocycles. The van der Waals surface area contributed by atoms with Crippen LogP contribution in [0.3, 0.4) is 0 Å². The molecule has 0 aliphatic heterocycles. The van der Waals surface area contributed by atoms with Gasteiger partial charge in [0.25, 0.3) is 0 Å². The Hall–Kier alpha value is 0. The molecule has 0 saturated carbocycles. The third-order valence-electron chi connectivity index (χ3n) is 1.07. The van der Waals surface area contributed by atoms with Gasteiger partial charge in [-0.25, -0.2) is 4.79 Å². The fourth-order valence-corrected chi connectivity index (χ4v) is 1.05. The molecule has 0 aliphatic rings. The largest absolute Gasteiger partial charge is 0.341 e. The van der Waals surface area contributed by atoms with E-state index in [2.05, 4.69) is 33.2 Å². The van der Waals surface area contributed by atoms with Crippen molar-refractivity contribution >= 4 is 28.6 Å². The van der Waals surface area contributed by atoms with Gasteiger partial charge in [-0.05, 0) is 17.3 Å². The van der Waals surface area contributed by atoms with Crippen LogP contribution in [-0.2, 0) is 0 Å². The lowest BCUT2D eigenvalue weighted by Crippen LogP contribution is -2.33. The number of amides is 2. The third-order valence-corrected chi connectivity index (χ3v) is 1.84. The second-order valence-corrected chi connectivity index (χ2v) is 2.98. The average Bonchev–Trinajstić information content (AvgIpc) is 1.98. The van der Waals surface area contributed by atoms with Gasteiger partial charge in [0, 0.05) is 13.6 Å². The maximum atomic E-state index is 10.6. The van der Waals surface area contributed by atoms with Gasteiger partial charge in [-0.3, -0.25) is 0 Å². The summed E-state index contributed by atoms with van der Waals surface area (Å²) in [4.78, 5) is 10.6. The maximum absolute atomic E-state index is 10.6. The first-order valence-corrected chi connectivity index (χ1v) is 4.85. The van der Waals surface area contributed by atoms with Crippen molar-refractivity contribution in [2.75, 3.05) is 18.0 Å². The summed E-state index contributed by atoms with van der Waals surface area (Å²) in [7, 11) is 1.62. The van der Waals surface area contributed by atoms with Crippen molar-refractivity contribution in [3.8, 4) is 0 Å². The molecule has 0 fully saturated rings. The number of hydrogen-bond donors (Lipinski definition) is 2. The van der Waals surface area contributed by atoms with Crippen molar-refractivity contribution in [2.24, 2.45) is 0 Å². The number of hydrogen-bond acceptors (Lipinski definition) is 1. The molecule has 10 heavy (non-hydrogen) atoms. The fraction of sp³-hybridized carbons (Fsp3) is 0.833. The van der Waals surface area contributed by atoms with Crippen molar-refractivity contribution < 1.29 is 4.79 Å². The minimum absolute atomic E-state index is 0.0894. The monoisotopic (exact) mass is 256 g/mol. The molecule has 0 aromatic rings. The molecule has 2 N–H and O–H groups in total. The highest BCUT2D eigenvalue weighted by atomic mass is 127. The van der Waals surface area contributed by atoms with Crippen molar-refractivity contribution in [2.45, 2.75) is 12.8 Å². The van der Waals surface area contributed by atoms with E-state index in [-0.39, 0.29) is 6.03 Å². The topological polar surface area (TPSA) is 41.1 Å². The number of alkyl halides is 1. The first-order chi connectivity index (χ1) is 4.81. The number of carbonyl (C=O) groups excluding carboxylic acids is 1. The van der Waals surface area contributed by atoms with E-state index in [0.29, 0.717) is 0 Å². The number of urea groups is 1. The summed E-state index contributed by atoms with van der Waals surface area (Å²) in [5.41, 5.74) is 0. The van der Waals surface area contributed by atoms with Gasteiger partial charge >= 0.3 is 6.03 Å². The highest BCUT2D eigenvalue weighted by Crippen LogP contribution is 1.91. The van der Waals surface area contributed by atoms with Crippen LogP contribution in [-0.4, -0.2) is 24.1 Å². The Morgan fingerprint density at radius 3 is 2.70 bits per heavy atom. The molecule has 0 aliphatic carbocycles. The maximum Gasteiger partial charge on any atom is 0.314 e. The number of rotatable bonds is 4. The molecular weight excluding hydrogens is 243 g/mol. The van der Waals surface area contributed by atoms with E-state index in [1.807, 2.05) is 0 Å². The molecule has 0 unspecified atom stereocenters. The van der Waals surface area contributed by atoms with Crippen LogP contribution < -0.4 is 10.6 Å². The standard InChI is InChI=1S/C6H13IN2O/c1-8-6(10)9-5-3-2-4-7/h2-5H2,1H3,(H2,8,9,10). The second kappa shape index (κ2) is 7.11. The number of carbonyl (C=O) groups is 1. The van der Waals surface area contributed by atoms with Gasteiger partial charge in [0.15, 0.2) is 0 Å². The predicted molar refractivity (Wildman–Crippen MR) is 50.6 cm³/mol. The molecule has 60 valence electrons. The van der Waals surface area contributed by atoms with Gasteiger partial charge < -0.3 is 10.6 Å². The van der Waals surface area contributed by atoms with Gasteiger partial charge in [-0.2, -0.15) is 0 Å². The highest BCUT2D eigenvalue weighted by Gasteiger charge is 1.92. The summed E-state index contributed by atoms with van der Waals surface area (Å²) in [5.74, 6) is 0. The van der Waals surface area contributed by atoms with Gasteiger partial charge in [0.1, 0.15) is 0 Å². The molecule has 0 rings (SSSR count). The molecule has 0 bridgehead atoms. The Labute approximate surface area is 75.1 Å². The quantitative estimate of drug-likeness (QED) is 0.442. The lowest BCUT2D eigenvalue weighted by molar-refractivity contribution is 0.243. The summed E-state index contributed by atoms with van der Waals surface area (Å²) >= 11 is 2.33. The number of nitrogens with one attached hydrogen (secondary N) is 2. The summed E-state index contributed by atoms with van der Waals surface area (Å²) in [5, 5.41) is 5.20. The van der Waals surface area contributed by atoms with Crippen LogP contribution in [0.1, 0.15) is 12.8 Å². The van der Waals surface area contributed by atoms with Crippen molar-refractivity contribution in [1.29, 1.82) is 0 Å². The molecule has 0 aromatic heterocycles. The van der Waals surface area contributed by atoms with E-state index in [9.17, 15) is 4.79 Å². The molecule has 0 atom stereocenters. The van der Waals surface area contributed by atoms with Gasteiger partial charge in [-0.1, -0.05) is 22.6 Å². The summed E-state index contributed by atoms with van der Waals surface area (Å²) in [6, 6.07) is -0.0894. The van der Waals surface area contributed by atoms with Crippen LogP contribution >= 0.6 is 22.6 Å². The molecule has 3 nitrogen and oxygen atoms in total. The molecule has 0 spiro atoms. The van der Waals surface area contributed by atoms with Crippen molar-refractivity contribution in [3.63, 3.8) is 0 Å². The van der Waals surface area contributed by atoms with Gasteiger partial charge in [0.2, 0.25) is 0 Å². The number of halogens is 1. The zero-order chi connectivity index (χ0) is 7.82. The second-order valence-electron chi connectivity index (χ2n) is 1.90. The summed E-state index contributed by atoms with van der Waals surface area (Å²) in [6.07, 6.45) is 2.24. The van der Waals surface area contributed by atoms with E-state index in [1.165, 1.54) is 6.42 Å². The zero-order valence-electron chi connectivity index (χ0n) is 6.11. The SMILES string of the molecule is CNC(=O)NCCCCI. The molecule has 0 aromatic carbocycles. The smallest absolute Gasteiger partial charge is 0.314 e. The Kier molecular flexibility index (Phi) is 7.11. The minimum atomic E-state index is -0.0894. The van der Waals surface area contributed by atoms with Crippen molar-refractivity contribution in [1.82, 2.24) is 10.6 Å². The normalized spacial score (nSPS) is 9.00. The molecule has 0 radical (unpaired) electrons. The van der Waals surface area contributed by atoms with Crippen molar-refractivity contribution in [3.05, 3.63) is 0 Å². The average molecular weight is 256 g/mol.